The summed E-state index contributed by atoms with van der Waals surface area (Å²) in [6.07, 6.45) is 3.44. The number of carbonyl (C=O) groups excluding carboxylic acids is 1. The Hall–Kier alpha value is -3.08. The molecule has 1 heterocycles. The molecule has 0 aliphatic rings. The molecule has 0 radical (unpaired) electrons. The van der Waals surface area contributed by atoms with E-state index in [2.05, 4.69) is 20.2 Å². The summed E-state index contributed by atoms with van der Waals surface area (Å²) in [7, 11) is -1.99. The first kappa shape index (κ1) is 22.6. The van der Waals surface area contributed by atoms with Crippen LogP contribution in [0.1, 0.15) is 16.1 Å². The van der Waals surface area contributed by atoms with Crippen molar-refractivity contribution in [2.24, 2.45) is 0 Å². The number of rotatable bonds is 9. The maximum Gasteiger partial charge on any atom is 0.250 e. The van der Waals surface area contributed by atoms with Gasteiger partial charge in [0.1, 0.15) is 10.8 Å². The van der Waals surface area contributed by atoms with Crippen molar-refractivity contribution >= 4 is 38.5 Å². The number of anilines is 1. The molecule has 0 atom stereocenters. The Labute approximate surface area is 185 Å². The number of nitrogens with zero attached hydrogens (tertiary/aromatic N) is 2. The van der Waals surface area contributed by atoms with E-state index < -0.39 is 10.0 Å². The van der Waals surface area contributed by atoms with Crippen molar-refractivity contribution in [1.82, 2.24) is 14.9 Å². The van der Waals surface area contributed by atoms with E-state index in [1.54, 1.807) is 37.5 Å². The Morgan fingerprint density at radius 1 is 1.10 bits per heavy atom. The van der Waals surface area contributed by atoms with Crippen LogP contribution in [0.4, 0.5) is 5.13 Å². The minimum Gasteiger partial charge on any atom is -0.497 e. The Bertz CT molecular complexity index is 1150. The molecule has 2 aromatic carbocycles. The van der Waals surface area contributed by atoms with Gasteiger partial charge in [-0.2, -0.15) is 0 Å². The van der Waals surface area contributed by atoms with E-state index in [0.717, 1.165) is 16.9 Å². The zero-order chi connectivity index (χ0) is 22.3. The minimum absolute atomic E-state index is 0.177. The van der Waals surface area contributed by atoms with Crippen molar-refractivity contribution in [3.63, 3.8) is 0 Å². The standard InChI is InChI=1S/C21H22N4O4S2/c1-15-3-10-18(11-4-15)31(27,28)22-14-13-20-24-25-21(30-20)23-19(26)12-7-16-5-8-17(29-2)9-6-16/h3-12,22H,13-14H2,1-2H3,(H,23,25,26)/b12-7+. The van der Waals surface area contributed by atoms with Crippen molar-refractivity contribution < 1.29 is 17.9 Å². The maximum atomic E-state index is 12.3. The summed E-state index contributed by atoms with van der Waals surface area (Å²) in [6.45, 7) is 2.07. The molecular weight excluding hydrogens is 436 g/mol. The molecule has 0 spiro atoms. The van der Waals surface area contributed by atoms with Crippen molar-refractivity contribution in [3.8, 4) is 5.75 Å². The van der Waals surface area contributed by atoms with Crippen molar-refractivity contribution in [1.29, 1.82) is 0 Å². The van der Waals surface area contributed by atoms with Crippen molar-refractivity contribution in [2.75, 3.05) is 19.0 Å². The summed E-state index contributed by atoms with van der Waals surface area (Å²) < 4.78 is 32.2. The predicted octanol–water partition coefficient (Wildman–Crippen LogP) is 3.03. The van der Waals surface area contributed by atoms with E-state index in [0.29, 0.717) is 16.6 Å². The number of hydrogen-bond acceptors (Lipinski definition) is 7. The fraction of sp³-hybridized carbons (Fsp3) is 0.190. The Morgan fingerprint density at radius 2 is 1.81 bits per heavy atom. The molecular formula is C21H22N4O4S2. The largest absolute Gasteiger partial charge is 0.497 e. The number of aromatic nitrogens is 2. The van der Waals surface area contributed by atoms with E-state index in [1.807, 2.05) is 31.2 Å². The summed E-state index contributed by atoms with van der Waals surface area (Å²) in [5.41, 5.74) is 1.84. The van der Waals surface area contributed by atoms with Crippen molar-refractivity contribution in [2.45, 2.75) is 18.2 Å². The second kappa shape index (κ2) is 10.3. The number of carbonyl (C=O) groups is 1. The van der Waals surface area contributed by atoms with Gasteiger partial charge in [0.2, 0.25) is 21.1 Å². The average molecular weight is 459 g/mol. The van der Waals surface area contributed by atoms with Crippen LogP contribution in [0.2, 0.25) is 0 Å². The van der Waals surface area contributed by atoms with Crippen LogP contribution in [0.25, 0.3) is 6.08 Å². The van der Waals surface area contributed by atoms with Crippen LogP contribution in [0, 0.1) is 6.92 Å². The van der Waals surface area contributed by atoms with Crippen LogP contribution < -0.4 is 14.8 Å². The number of benzene rings is 2. The number of sulfonamides is 1. The van der Waals surface area contributed by atoms with Gasteiger partial charge in [0.15, 0.2) is 0 Å². The molecule has 0 saturated carbocycles. The molecule has 2 N–H and O–H groups in total. The van der Waals surface area contributed by atoms with Gasteiger partial charge >= 0.3 is 0 Å². The van der Waals surface area contributed by atoms with Gasteiger partial charge in [0.25, 0.3) is 0 Å². The van der Waals surface area contributed by atoms with E-state index in [9.17, 15) is 13.2 Å². The van der Waals surface area contributed by atoms with E-state index >= 15 is 0 Å². The van der Waals surface area contributed by atoms with Gasteiger partial charge in [-0.3, -0.25) is 10.1 Å². The molecule has 0 bridgehead atoms. The third-order valence-electron chi connectivity index (χ3n) is 4.20. The highest BCUT2D eigenvalue weighted by atomic mass is 32.2. The summed E-state index contributed by atoms with van der Waals surface area (Å²) >= 11 is 1.20. The Balaban J connectivity index is 1.48. The SMILES string of the molecule is COc1ccc(/C=C/C(=O)Nc2nnc(CCNS(=O)(=O)c3ccc(C)cc3)s2)cc1. The molecule has 3 aromatic rings. The maximum absolute atomic E-state index is 12.3. The summed E-state index contributed by atoms with van der Waals surface area (Å²) in [4.78, 5) is 12.3. The monoisotopic (exact) mass is 458 g/mol. The van der Waals surface area contributed by atoms with Gasteiger partial charge in [-0.25, -0.2) is 13.1 Å². The van der Waals surface area contributed by atoms with E-state index in [-0.39, 0.29) is 17.3 Å². The topological polar surface area (TPSA) is 110 Å². The summed E-state index contributed by atoms with van der Waals surface area (Å²) in [5, 5.41) is 11.5. The summed E-state index contributed by atoms with van der Waals surface area (Å²) in [6, 6.07) is 13.9. The lowest BCUT2D eigenvalue weighted by Gasteiger charge is -2.05. The second-order valence-corrected chi connectivity index (χ2v) is 9.39. The zero-order valence-electron chi connectivity index (χ0n) is 17.0. The number of methoxy groups -OCH3 is 1. The highest BCUT2D eigenvalue weighted by Crippen LogP contribution is 2.17. The normalized spacial score (nSPS) is 11.5. The van der Waals surface area contributed by atoms with Crippen molar-refractivity contribution in [3.05, 3.63) is 70.7 Å². The third kappa shape index (κ3) is 6.71. The zero-order valence-corrected chi connectivity index (χ0v) is 18.7. The van der Waals surface area contributed by atoms with Gasteiger partial charge in [-0.15, -0.1) is 10.2 Å². The number of hydrogen-bond donors (Lipinski definition) is 2. The van der Waals surface area contributed by atoms with Gasteiger partial charge in [-0.1, -0.05) is 41.2 Å². The number of amides is 1. The molecule has 0 fully saturated rings. The smallest absolute Gasteiger partial charge is 0.250 e. The molecule has 1 amide bonds. The van der Waals surface area contributed by atoms with Crippen LogP contribution in [0.15, 0.2) is 59.5 Å². The van der Waals surface area contributed by atoms with Crippen LogP contribution in [-0.2, 0) is 21.2 Å². The highest BCUT2D eigenvalue weighted by Gasteiger charge is 2.14. The van der Waals surface area contributed by atoms with Crippen LogP contribution in [0.5, 0.6) is 5.75 Å². The number of nitrogens with one attached hydrogen (secondary N) is 2. The average Bonchev–Trinajstić information content (AvgIpc) is 3.20. The molecule has 8 nitrogen and oxygen atoms in total. The number of ether oxygens (including phenoxy) is 1. The molecule has 31 heavy (non-hydrogen) atoms. The molecule has 0 saturated heterocycles. The Kier molecular flexibility index (Phi) is 7.50. The lowest BCUT2D eigenvalue weighted by molar-refractivity contribution is -0.111. The first-order valence-corrected chi connectivity index (χ1v) is 11.7. The minimum atomic E-state index is -3.58. The lowest BCUT2D eigenvalue weighted by atomic mass is 10.2. The highest BCUT2D eigenvalue weighted by molar-refractivity contribution is 7.89. The first-order valence-electron chi connectivity index (χ1n) is 9.37. The second-order valence-electron chi connectivity index (χ2n) is 6.56. The fourth-order valence-corrected chi connectivity index (χ4v) is 4.31. The molecule has 10 heteroatoms. The molecule has 3 rings (SSSR count). The summed E-state index contributed by atoms with van der Waals surface area (Å²) in [5.74, 6) is 0.405. The van der Waals surface area contributed by atoms with Crippen LogP contribution >= 0.6 is 11.3 Å². The quantitative estimate of drug-likeness (QED) is 0.477. The molecule has 162 valence electrons. The molecule has 0 aliphatic heterocycles. The fourth-order valence-electron chi connectivity index (χ4n) is 2.53. The van der Waals surface area contributed by atoms with Crippen LogP contribution in [0.3, 0.4) is 0 Å². The van der Waals surface area contributed by atoms with Crippen LogP contribution in [-0.4, -0.2) is 38.2 Å². The van der Waals surface area contributed by atoms with E-state index in [4.69, 9.17) is 4.74 Å². The first-order chi connectivity index (χ1) is 14.9. The van der Waals surface area contributed by atoms with Gasteiger partial charge in [-0.05, 0) is 42.8 Å². The molecule has 0 aliphatic carbocycles. The molecule has 1 aromatic heterocycles. The van der Waals surface area contributed by atoms with E-state index in [1.165, 1.54) is 17.4 Å². The number of aryl methyl sites for hydroxylation is 1. The van der Waals surface area contributed by atoms with Gasteiger partial charge in [0, 0.05) is 19.0 Å². The molecule has 0 unspecified atom stereocenters. The van der Waals surface area contributed by atoms with Gasteiger partial charge in [0.05, 0.1) is 12.0 Å². The Morgan fingerprint density at radius 3 is 2.48 bits per heavy atom. The lowest BCUT2D eigenvalue weighted by Crippen LogP contribution is -2.25. The third-order valence-corrected chi connectivity index (χ3v) is 6.58. The predicted molar refractivity (Wildman–Crippen MR) is 121 cm³/mol. The van der Waals surface area contributed by atoms with Gasteiger partial charge < -0.3 is 4.74 Å².